The van der Waals surface area contributed by atoms with E-state index < -0.39 is 0 Å². The predicted octanol–water partition coefficient (Wildman–Crippen LogP) is 0.711. The van der Waals surface area contributed by atoms with Crippen molar-refractivity contribution in [3.05, 3.63) is 0 Å². The van der Waals surface area contributed by atoms with Crippen LogP contribution in [0, 0.1) is 11.8 Å². The molecule has 0 saturated heterocycles. The minimum atomic E-state index is 0.133. The molecule has 1 saturated carbocycles. The summed E-state index contributed by atoms with van der Waals surface area (Å²) in [5.41, 5.74) is 5.48. The average Bonchev–Trinajstić information content (AvgIpc) is 2.86. The number of rotatable bonds is 5. The minimum absolute atomic E-state index is 0.133. The van der Waals surface area contributed by atoms with Gasteiger partial charge in [0.15, 0.2) is 0 Å². The van der Waals surface area contributed by atoms with E-state index in [1.807, 2.05) is 6.92 Å². The van der Waals surface area contributed by atoms with Crippen LogP contribution in [0.4, 0.5) is 0 Å². The smallest absolute Gasteiger partial charge is 0.143 e. The molecule has 0 aromatic carbocycles. The molecule has 1 atom stereocenters. The molecule has 1 fully saturated rings. The molecule has 13 heavy (non-hydrogen) atoms. The fourth-order valence-corrected chi connectivity index (χ4v) is 1.48. The zero-order valence-corrected chi connectivity index (χ0v) is 8.40. The van der Waals surface area contributed by atoms with Gasteiger partial charge in [0.1, 0.15) is 5.84 Å². The van der Waals surface area contributed by atoms with Gasteiger partial charge in [0.05, 0.1) is 0 Å². The first-order valence-corrected chi connectivity index (χ1v) is 4.79. The monoisotopic (exact) mass is 185 g/mol. The highest BCUT2D eigenvalue weighted by molar-refractivity contribution is 5.82. The Bertz CT molecular complexity index is 189. The molecule has 0 spiro atoms. The van der Waals surface area contributed by atoms with Gasteiger partial charge >= 0.3 is 0 Å². The van der Waals surface area contributed by atoms with Crippen molar-refractivity contribution in [3.8, 4) is 0 Å². The lowest BCUT2D eigenvalue weighted by Crippen LogP contribution is -2.33. The summed E-state index contributed by atoms with van der Waals surface area (Å²) < 4.78 is 0. The van der Waals surface area contributed by atoms with E-state index >= 15 is 0 Å². The molecule has 0 aliphatic heterocycles. The second kappa shape index (κ2) is 4.46. The quantitative estimate of drug-likeness (QED) is 0.287. The Balaban J connectivity index is 2.21. The highest BCUT2D eigenvalue weighted by Gasteiger charge is 2.23. The third-order valence-electron chi connectivity index (χ3n) is 2.47. The molecular formula is C9H19N3O. The van der Waals surface area contributed by atoms with Crippen LogP contribution in [0.1, 0.15) is 19.8 Å². The van der Waals surface area contributed by atoms with Gasteiger partial charge in [0.25, 0.3) is 0 Å². The Hall–Kier alpha value is -0.770. The van der Waals surface area contributed by atoms with Crippen LogP contribution >= 0.6 is 0 Å². The first-order valence-electron chi connectivity index (χ1n) is 4.79. The summed E-state index contributed by atoms with van der Waals surface area (Å²) >= 11 is 0. The Morgan fingerprint density at radius 3 is 2.77 bits per heavy atom. The minimum Gasteiger partial charge on any atom is -0.409 e. The summed E-state index contributed by atoms with van der Waals surface area (Å²) in [6.07, 6.45) is 2.73. The van der Waals surface area contributed by atoms with E-state index in [2.05, 4.69) is 17.1 Å². The topological polar surface area (TPSA) is 61.8 Å². The zero-order chi connectivity index (χ0) is 9.84. The van der Waals surface area contributed by atoms with Gasteiger partial charge in [-0.1, -0.05) is 12.1 Å². The van der Waals surface area contributed by atoms with E-state index in [-0.39, 0.29) is 5.92 Å². The molecule has 3 N–H and O–H groups in total. The molecule has 1 rings (SSSR count). The summed E-state index contributed by atoms with van der Waals surface area (Å²) in [6, 6.07) is 0. The van der Waals surface area contributed by atoms with Gasteiger partial charge in [0.2, 0.25) is 0 Å². The Morgan fingerprint density at radius 1 is 1.69 bits per heavy atom. The van der Waals surface area contributed by atoms with E-state index in [4.69, 9.17) is 10.9 Å². The number of amidine groups is 1. The van der Waals surface area contributed by atoms with Gasteiger partial charge in [-0.15, -0.1) is 0 Å². The largest absolute Gasteiger partial charge is 0.409 e. The molecule has 0 bridgehead atoms. The molecule has 0 heterocycles. The molecule has 0 aromatic heterocycles. The number of nitrogens with two attached hydrogens (primary N) is 1. The summed E-state index contributed by atoms with van der Waals surface area (Å²) in [7, 11) is 2.08. The zero-order valence-electron chi connectivity index (χ0n) is 8.40. The summed E-state index contributed by atoms with van der Waals surface area (Å²) in [6.45, 7) is 3.98. The number of oxime groups is 1. The predicted molar refractivity (Wildman–Crippen MR) is 52.8 cm³/mol. The van der Waals surface area contributed by atoms with Crippen molar-refractivity contribution in [2.45, 2.75) is 19.8 Å². The third kappa shape index (κ3) is 3.63. The van der Waals surface area contributed by atoms with Crippen molar-refractivity contribution in [2.75, 3.05) is 20.1 Å². The number of hydrogen-bond donors (Lipinski definition) is 2. The van der Waals surface area contributed by atoms with E-state index in [0.29, 0.717) is 5.84 Å². The van der Waals surface area contributed by atoms with Crippen molar-refractivity contribution in [1.29, 1.82) is 0 Å². The fraction of sp³-hybridized carbons (Fsp3) is 0.889. The average molecular weight is 185 g/mol. The van der Waals surface area contributed by atoms with Crippen LogP contribution in [0.3, 0.4) is 0 Å². The SMILES string of the molecule is CC(CN(C)CC1CC1)/C(N)=N/O. The summed E-state index contributed by atoms with van der Waals surface area (Å²) in [5.74, 6) is 1.35. The molecule has 4 heteroatoms. The van der Waals surface area contributed by atoms with Gasteiger partial charge in [-0.3, -0.25) is 0 Å². The highest BCUT2D eigenvalue weighted by atomic mass is 16.4. The molecule has 0 aromatic rings. The number of hydrogen-bond acceptors (Lipinski definition) is 3. The Morgan fingerprint density at radius 2 is 2.31 bits per heavy atom. The van der Waals surface area contributed by atoms with Crippen LogP contribution in [0.25, 0.3) is 0 Å². The fourth-order valence-electron chi connectivity index (χ4n) is 1.48. The molecule has 1 unspecified atom stereocenters. The van der Waals surface area contributed by atoms with E-state index in [1.165, 1.54) is 12.8 Å². The summed E-state index contributed by atoms with van der Waals surface area (Å²) in [5, 5.41) is 11.5. The first-order chi connectivity index (χ1) is 6.13. The molecule has 0 amide bonds. The van der Waals surface area contributed by atoms with E-state index in [9.17, 15) is 0 Å². The van der Waals surface area contributed by atoms with Crippen molar-refractivity contribution < 1.29 is 5.21 Å². The second-order valence-electron chi connectivity index (χ2n) is 4.09. The van der Waals surface area contributed by atoms with Crippen LogP contribution in [-0.2, 0) is 0 Å². The van der Waals surface area contributed by atoms with Gasteiger partial charge in [-0.25, -0.2) is 0 Å². The lowest BCUT2D eigenvalue weighted by molar-refractivity contribution is 0.288. The first kappa shape index (κ1) is 10.3. The molecule has 1 aliphatic rings. The number of nitrogens with zero attached hydrogens (tertiary/aromatic N) is 2. The molecule has 4 nitrogen and oxygen atoms in total. The van der Waals surface area contributed by atoms with Crippen molar-refractivity contribution in [3.63, 3.8) is 0 Å². The lowest BCUT2D eigenvalue weighted by Gasteiger charge is -2.19. The van der Waals surface area contributed by atoms with E-state index in [0.717, 1.165) is 19.0 Å². The normalized spacial score (nSPS) is 20.7. The van der Waals surface area contributed by atoms with Crippen LogP contribution < -0.4 is 5.73 Å². The second-order valence-corrected chi connectivity index (χ2v) is 4.09. The van der Waals surface area contributed by atoms with Gasteiger partial charge in [0, 0.05) is 19.0 Å². The Labute approximate surface area is 79.4 Å². The lowest BCUT2D eigenvalue weighted by atomic mass is 10.1. The molecule has 1 aliphatic carbocycles. The standard InChI is InChI=1S/C9H19N3O/c1-7(9(10)11-13)5-12(2)6-8-3-4-8/h7-8,13H,3-6H2,1-2H3,(H2,10,11). The van der Waals surface area contributed by atoms with Crippen LogP contribution in [0.15, 0.2) is 5.16 Å². The molecule has 76 valence electrons. The maximum absolute atomic E-state index is 8.46. The maximum Gasteiger partial charge on any atom is 0.143 e. The van der Waals surface area contributed by atoms with Crippen LogP contribution in [-0.4, -0.2) is 36.1 Å². The summed E-state index contributed by atoms with van der Waals surface area (Å²) in [4.78, 5) is 2.25. The van der Waals surface area contributed by atoms with Crippen molar-refractivity contribution in [1.82, 2.24) is 4.90 Å². The van der Waals surface area contributed by atoms with Gasteiger partial charge in [-0.05, 0) is 25.8 Å². The Kier molecular flexibility index (Phi) is 3.54. The van der Waals surface area contributed by atoms with E-state index in [1.54, 1.807) is 0 Å². The third-order valence-corrected chi connectivity index (χ3v) is 2.47. The molecule has 0 radical (unpaired) electrons. The van der Waals surface area contributed by atoms with Gasteiger partial charge < -0.3 is 15.8 Å². The van der Waals surface area contributed by atoms with Crippen molar-refractivity contribution in [2.24, 2.45) is 22.7 Å². The van der Waals surface area contributed by atoms with Crippen LogP contribution in [0.2, 0.25) is 0 Å². The van der Waals surface area contributed by atoms with Gasteiger partial charge in [-0.2, -0.15) is 0 Å². The van der Waals surface area contributed by atoms with Crippen molar-refractivity contribution >= 4 is 5.84 Å². The van der Waals surface area contributed by atoms with Crippen LogP contribution in [0.5, 0.6) is 0 Å². The highest BCUT2D eigenvalue weighted by Crippen LogP contribution is 2.29. The maximum atomic E-state index is 8.46. The molecular weight excluding hydrogens is 166 g/mol.